The third kappa shape index (κ3) is 5.85. The van der Waals surface area contributed by atoms with Gasteiger partial charge in [-0.05, 0) is 69.6 Å². The second-order valence-electron chi connectivity index (χ2n) is 9.18. The van der Waals surface area contributed by atoms with Crippen LogP contribution in [0.4, 0.5) is 15.8 Å². The molecule has 3 N–H and O–H groups in total. The number of alkyl halides is 1. The van der Waals surface area contributed by atoms with Crippen molar-refractivity contribution >= 4 is 27.3 Å². The second kappa shape index (κ2) is 10.1. The largest absolute Gasteiger partial charge is 0.339 e. The van der Waals surface area contributed by atoms with Crippen LogP contribution < -0.4 is 15.4 Å². The summed E-state index contributed by atoms with van der Waals surface area (Å²) in [5.74, 6) is 0.559. The van der Waals surface area contributed by atoms with Crippen molar-refractivity contribution in [3.63, 3.8) is 0 Å². The minimum atomic E-state index is -3.90. The highest BCUT2D eigenvalue weighted by molar-refractivity contribution is 7.92. The Morgan fingerprint density at radius 1 is 1.20 bits per heavy atom. The van der Waals surface area contributed by atoms with E-state index in [4.69, 9.17) is 4.52 Å². The number of aromatic nitrogens is 2. The number of amides is 1. The normalized spacial score (nSPS) is 16.6. The monoisotopic (exact) mass is 501 g/mol. The lowest BCUT2D eigenvalue weighted by Crippen LogP contribution is -2.32. The number of anilines is 2. The number of hydrogen-bond acceptors (Lipinski definition) is 7. The summed E-state index contributed by atoms with van der Waals surface area (Å²) in [5.41, 5.74) is 0.116. The molecule has 1 aromatic heterocycles. The second-order valence-corrected chi connectivity index (χ2v) is 10.9. The highest BCUT2D eigenvalue weighted by Crippen LogP contribution is 2.27. The van der Waals surface area contributed by atoms with Crippen LogP contribution in [-0.2, 0) is 14.8 Å². The Labute approximate surface area is 203 Å². The van der Waals surface area contributed by atoms with Crippen molar-refractivity contribution in [2.75, 3.05) is 29.8 Å². The quantitative estimate of drug-likeness (QED) is 0.427. The molecular formula is C24H28FN5O4S. The molecule has 3 aromatic rings. The highest BCUT2D eigenvalue weighted by Gasteiger charge is 2.27. The molecule has 35 heavy (non-hydrogen) atoms. The number of carbonyl (C=O) groups is 1. The molecule has 2 heterocycles. The number of nitrogens with one attached hydrogen (secondary N) is 3. The van der Waals surface area contributed by atoms with Gasteiger partial charge in [0.25, 0.3) is 10.0 Å². The fourth-order valence-electron chi connectivity index (χ4n) is 3.58. The number of carbonyl (C=O) groups excluding carboxylic acids is 1. The van der Waals surface area contributed by atoms with E-state index in [0.717, 1.165) is 25.9 Å². The summed E-state index contributed by atoms with van der Waals surface area (Å²) in [6.07, 6.45) is 1.99. The summed E-state index contributed by atoms with van der Waals surface area (Å²) in [7, 11) is -3.90. The fraction of sp³-hybridized carbons (Fsp3) is 0.375. The zero-order valence-corrected chi connectivity index (χ0v) is 20.4. The van der Waals surface area contributed by atoms with Crippen LogP contribution in [0.2, 0.25) is 0 Å². The Bertz CT molecular complexity index is 1290. The number of hydrogen-bond donors (Lipinski definition) is 3. The van der Waals surface area contributed by atoms with E-state index >= 15 is 0 Å². The SMILES string of the molecule is CC(C)(CF)C(=O)Nc1ccc(NS(=O)(=O)c2cccc(-c3noc(C4CCCNC4)n3)c2)cc1. The standard InChI is InChI=1S/C24H28FN5O4S/c1-24(2,15-25)23(31)27-18-8-10-19(11-9-18)30-35(32,33)20-7-3-5-16(13-20)21-28-22(34-29-21)17-6-4-12-26-14-17/h3,5,7-11,13,17,26,30H,4,6,12,14-15H2,1-2H3,(H,27,31). The first-order valence-corrected chi connectivity index (χ1v) is 12.8. The van der Waals surface area contributed by atoms with Crippen molar-refractivity contribution in [1.29, 1.82) is 0 Å². The molecule has 1 amide bonds. The molecule has 186 valence electrons. The lowest BCUT2D eigenvalue weighted by atomic mass is 9.94. The Balaban J connectivity index is 1.46. The van der Waals surface area contributed by atoms with Gasteiger partial charge in [0.2, 0.25) is 17.6 Å². The number of benzene rings is 2. The Morgan fingerprint density at radius 3 is 2.63 bits per heavy atom. The van der Waals surface area contributed by atoms with Crippen molar-refractivity contribution in [1.82, 2.24) is 15.5 Å². The van der Waals surface area contributed by atoms with E-state index in [1.807, 2.05) is 0 Å². The van der Waals surface area contributed by atoms with E-state index in [0.29, 0.717) is 28.7 Å². The maximum atomic E-state index is 13.0. The van der Waals surface area contributed by atoms with Crippen molar-refractivity contribution in [3.8, 4) is 11.4 Å². The molecule has 1 aliphatic heterocycles. The van der Waals surface area contributed by atoms with Gasteiger partial charge < -0.3 is 15.2 Å². The maximum absolute atomic E-state index is 13.0. The Kier molecular flexibility index (Phi) is 7.18. The van der Waals surface area contributed by atoms with E-state index in [1.165, 1.54) is 38.1 Å². The van der Waals surface area contributed by atoms with Crippen LogP contribution in [-0.4, -0.2) is 44.2 Å². The molecule has 0 spiro atoms. The molecule has 2 aromatic carbocycles. The zero-order chi connectivity index (χ0) is 25.1. The molecular weight excluding hydrogens is 473 g/mol. The van der Waals surface area contributed by atoms with Crippen molar-refractivity contribution in [3.05, 3.63) is 54.4 Å². The average molecular weight is 502 g/mol. The Morgan fingerprint density at radius 2 is 1.94 bits per heavy atom. The lowest BCUT2D eigenvalue weighted by molar-refractivity contribution is -0.124. The topological polar surface area (TPSA) is 126 Å². The predicted molar refractivity (Wildman–Crippen MR) is 130 cm³/mol. The van der Waals surface area contributed by atoms with Gasteiger partial charge in [-0.2, -0.15) is 4.98 Å². The molecule has 11 heteroatoms. The fourth-order valence-corrected chi connectivity index (χ4v) is 4.68. The molecule has 0 aliphatic carbocycles. The number of rotatable bonds is 8. The van der Waals surface area contributed by atoms with Crippen LogP contribution in [0.5, 0.6) is 0 Å². The van der Waals surface area contributed by atoms with Crippen molar-refractivity contribution < 1.29 is 22.1 Å². The third-order valence-corrected chi connectivity index (χ3v) is 7.21. The van der Waals surface area contributed by atoms with Crippen LogP contribution >= 0.6 is 0 Å². The summed E-state index contributed by atoms with van der Waals surface area (Å²) in [6, 6.07) is 12.4. The minimum Gasteiger partial charge on any atom is -0.339 e. The predicted octanol–water partition coefficient (Wildman–Crippen LogP) is 3.94. The van der Waals surface area contributed by atoms with Gasteiger partial charge in [0.1, 0.15) is 6.67 Å². The average Bonchev–Trinajstić information content (AvgIpc) is 3.36. The lowest BCUT2D eigenvalue weighted by Gasteiger charge is -2.19. The molecule has 1 saturated heterocycles. The van der Waals surface area contributed by atoms with Crippen molar-refractivity contribution in [2.24, 2.45) is 5.41 Å². The van der Waals surface area contributed by atoms with Crippen LogP contribution in [0.25, 0.3) is 11.4 Å². The third-order valence-electron chi connectivity index (χ3n) is 5.83. The summed E-state index contributed by atoms with van der Waals surface area (Å²) < 4.78 is 46.9. The van der Waals surface area contributed by atoms with Gasteiger partial charge in [0.15, 0.2) is 0 Å². The van der Waals surface area contributed by atoms with E-state index in [9.17, 15) is 17.6 Å². The van der Waals surface area contributed by atoms with Gasteiger partial charge >= 0.3 is 0 Å². The molecule has 1 fully saturated rings. The number of sulfonamides is 1. The van der Waals surface area contributed by atoms with Gasteiger partial charge in [-0.3, -0.25) is 9.52 Å². The van der Waals surface area contributed by atoms with Crippen LogP contribution in [0.15, 0.2) is 57.9 Å². The number of halogens is 1. The summed E-state index contributed by atoms with van der Waals surface area (Å²) in [5, 5.41) is 9.97. The molecule has 0 bridgehead atoms. The number of piperidine rings is 1. The first-order chi connectivity index (χ1) is 16.7. The van der Waals surface area contributed by atoms with E-state index in [1.54, 1.807) is 24.3 Å². The molecule has 0 radical (unpaired) electrons. The van der Waals surface area contributed by atoms with E-state index in [2.05, 4.69) is 25.5 Å². The van der Waals surface area contributed by atoms with E-state index in [-0.39, 0.29) is 10.8 Å². The molecule has 0 saturated carbocycles. The van der Waals surface area contributed by atoms with Gasteiger partial charge in [-0.1, -0.05) is 17.3 Å². The van der Waals surface area contributed by atoms with Gasteiger partial charge in [0.05, 0.1) is 16.2 Å². The smallest absolute Gasteiger partial charge is 0.261 e. The van der Waals surface area contributed by atoms with Crippen LogP contribution in [0.3, 0.4) is 0 Å². The summed E-state index contributed by atoms with van der Waals surface area (Å²) in [4.78, 5) is 16.6. The van der Waals surface area contributed by atoms with Gasteiger partial charge in [-0.25, -0.2) is 12.8 Å². The molecule has 9 nitrogen and oxygen atoms in total. The molecule has 1 aliphatic rings. The molecule has 1 unspecified atom stereocenters. The van der Waals surface area contributed by atoms with Gasteiger partial charge in [0, 0.05) is 23.5 Å². The Hall–Kier alpha value is -3.31. The van der Waals surface area contributed by atoms with E-state index < -0.39 is 28.0 Å². The summed E-state index contributed by atoms with van der Waals surface area (Å²) in [6.45, 7) is 3.96. The first kappa shape index (κ1) is 24.8. The van der Waals surface area contributed by atoms with Crippen molar-refractivity contribution in [2.45, 2.75) is 37.5 Å². The summed E-state index contributed by atoms with van der Waals surface area (Å²) >= 11 is 0. The van der Waals surface area contributed by atoms with Crippen LogP contribution in [0.1, 0.15) is 38.5 Å². The molecule has 4 rings (SSSR count). The maximum Gasteiger partial charge on any atom is 0.261 e. The molecule has 1 atom stereocenters. The van der Waals surface area contributed by atoms with Gasteiger partial charge in [-0.15, -0.1) is 0 Å². The first-order valence-electron chi connectivity index (χ1n) is 11.3. The zero-order valence-electron chi connectivity index (χ0n) is 19.5. The highest BCUT2D eigenvalue weighted by atomic mass is 32.2. The number of nitrogens with zero attached hydrogens (tertiary/aromatic N) is 2. The minimum absolute atomic E-state index is 0.0442. The van der Waals surface area contributed by atoms with Crippen LogP contribution in [0, 0.1) is 5.41 Å².